The van der Waals surface area contributed by atoms with Gasteiger partial charge >= 0.3 is 0 Å². The highest BCUT2D eigenvalue weighted by Crippen LogP contribution is 2.52. The molecule has 2 aromatic carbocycles. The Balaban J connectivity index is 1.84. The maximum atomic E-state index is 13.7. The molecule has 0 bridgehead atoms. The third-order valence-electron chi connectivity index (χ3n) is 7.80. The van der Waals surface area contributed by atoms with Gasteiger partial charge < -0.3 is 14.9 Å². The van der Waals surface area contributed by atoms with Crippen molar-refractivity contribution >= 4 is 43.4 Å². The molecule has 0 spiro atoms. The molecular weight excluding hydrogens is 600 g/mol. The summed E-state index contributed by atoms with van der Waals surface area (Å²) >= 11 is 7.21. The summed E-state index contributed by atoms with van der Waals surface area (Å²) in [5.74, 6) is -2.01. The maximum Gasteiger partial charge on any atom is 0.139 e. The summed E-state index contributed by atoms with van der Waals surface area (Å²) in [6.07, 6.45) is -0.367. The first kappa shape index (κ1) is 28.5. The average Bonchev–Trinajstić information content (AvgIpc) is 2.75. The van der Waals surface area contributed by atoms with Crippen molar-refractivity contribution in [1.82, 2.24) is 0 Å². The molecule has 2 aromatic rings. The van der Waals surface area contributed by atoms with Crippen LogP contribution in [-0.4, -0.2) is 34.0 Å². The number of carbonyl (C=O) groups excluding carboxylic acids is 2. The second-order valence-electron chi connectivity index (χ2n) is 12.3. The van der Waals surface area contributed by atoms with Gasteiger partial charge in [0.1, 0.15) is 23.9 Å². The Morgan fingerprint density at radius 1 is 0.892 bits per heavy atom. The Morgan fingerprint density at radius 2 is 1.41 bits per heavy atom. The molecule has 2 saturated carbocycles. The van der Waals surface area contributed by atoms with E-state index in [0.29, 0.717) is 48.1 Å². The lowest BCUT2D eigenvalue weighted by atomic mass is 9.58. The summed E-state index contributed by atoms with van der Waals surface area (Å²) in [7, 11) is 0. The average molecular weight is 636 g/mol. The van der Waals surface area contributed by atoms with Crippen LogP contribution in [0.1, 0.15) is 70.4 Å². The van der Waals surface area contributed by atoms with Crippen molar-refractivity contribution in [2.24, 2.45) is 22.7 Å². The lowest BCUT2D eigenvalue weighted by Crippen LogP contribution is -2.51. The first-order valence-corrected chi connectivity index (χ1v) is 14.4. The minimum atomic E-state index is -0.934. The molecule has 1 unspecified atom stereocenters. The number of aliphatic hydroxyl groups is 2. The number of carbonyl (C=O) groups is 2. The Morgan fingerprint density at radius 3 is 1.89 bits per heavy atom. The van der Waals surface area contributed by atoms with Gasteiger partial charge in [-0.3, -0.25) is 9.59 Å². The highest BCUT2D eigenvalue weighted by atomic mass is 79.9. The van der Waals surface area contributed by atoms with E-state index in [1.807, 2.05) is 70.2 Å². The SMILES string of the molecule is CC1(C)CC(=O)[C@H](C(c2cc(Br)cc(Br)c2OCc2ccccc2)[C@@H]2C(=O)CC(C)(C)C[C@@H]2O)[C@H](O)C1. The van der Waals surface area contributed by atoms with Crippen LogP contribution in [0.25, 0.3) is 0 Å². The molecule has 2 aliphatic carbocycles. The van der Waals surface area contributed by atoms with E-state index in [1.165, 1.54) is 0 Å². The number of ether oxygens (including phenoxy) is 1. The van der Waals surface area contributed by atoms with E-state index in [2.05, 4.69) is 31.9 Å². The maximum absolute atomic E-state index is 13.7. The number of hydrogen-bond acceptors (Lipinski definition) is 5. The van der Waals surface area contributed by atoms with Gasteiger partial charge in [-0.2, -0.15) is 0 Å². The van der Waals surface area contributed by atoms with E-state index in [4.69, 9.17) is 4.74 Å². The monoisotopic (exact) mass is 634 g/mol. The molecular formula is C30H36Br2O5. The molecule has 2 N–H and O–H groups in total. The standard InChI is InChI=1S/C30H36Br2O5/c1-29(2)12-21(33)26(22(34)13-29)25(27-23(35)14-30(3,4)15-24(27)36)19-10-18(31)11-20(32)28(19)37-16-17-8-6-5-7-9-17/h5-11,21,23,25-27,33,35H,12-16H2,1-4H3/t21-,23+,25?,26-,27+. The van der Waals surface area contributed by atoms with Crippen LogP contribution >= 0.6 is 31.9 Å². The van der Waals surface area contributed by atoms with Crippen LogP contribution in [0.15, 0.2) is 51.4 Å². The van der Waals surface area contributed by atoms with Crippen molar-refractivity contribution in [3.05, 3.63) is 62.5 Å². The van der Waals surface area contributed by atoms with E-state index in [0.717, 1.165) is 10.0 Å². The van der Waals surface area contributed by atoms with Crippen molar-refractivity contribution in [2.75, 3.05) is 0 Å². The summed E-state index contributed by atoms with van der Waals surface area (Å²) < 4.78 is 7.77. The first-order valence-electron chi connectivity index (χ1n) is 12.9. The molecule has 7 heteroatoms. The zero-order valence-corrected chi connectivity index (χ0v) is 25.0. The summed E-state index contributed by atoms with van der Waals surface area (Å²) in [6.45, 7) is 8.21. The normalized spacial score (nSPS) is 28.1. The van der Waals surface area contributed by atoms with Gasteiger partial charge in [-0.25, -0.2) is 0 Å². The summed E-state index contributed by atoms with van der Waals surface area (Å²) in [6, 6.07) is 13.5. The van der Waals surface area contributed by atoms with E-state index >= 15 is 0 Å². The Bertz CT molecular complexity index is 1120. The van der Waals surface area contributed by atoms with Gasteiger partial charge in [0, 0.05) is 28.8 Å². The molecule has 5 nitrogen and oxygen atoms in total. The summed E-state index contributed by atoms with van der Waals surface area (Å²) in [5.41, 5.74) is 0.954. The van der Waals surface area contributed by atoms with Gasteiger partial charge in [-0.15, -0.1) is 0 Å². The molecule has 37 heavy (non-hydrogen) atoms. The fraction of sp³-hybridized carbons (Fsp3) is 0.533. The molecule has 2 fully saturated rings. The van der Waals surface area contributed by atoms with Crippen LogP contribution in [0.2, 0.25) is 0 Å². The van der Waals surface area contributed by atoms with E-state index in [1.54, 1.807) is 0 Å². The first-order chi connectivity index (χ1) is 17.3. The van der Waals surface area contributed by atoms with Crippen LogP contribution in [0.5, 0.6) is 5.75 Å². The third kappa shape index (κ3) is 6.38. The Kier molecular flexibility index (Phi) is 8.40. The molecule has 0 saturated heterocycles. The highest BCUT2D eigenvalue weighted by Gasteiger charge is 2.52. The van der Waals surface area contributed by atoms with Crippen LogP contribution in [0.3, 0.4) is 0 Å². The van der Waals surface area contributed by atoms with Crippen LogP contribution in [-0.2, 0) is 16.2 Å². The van der Waals surface area contributed by atoms with Crippen molar-refractivity contribution in [2.45, 2.75) is 78.1 Å². The number of ketones is 2. The van der Waals surface area contributed by atoms with Crippen molar-refractivity contribution in [3.8, 4) is 5.75 Å². The van der Waals surface area contributed by atoms with Gasteiger partial charge in [-0.05, 0) is 57.3 Å². The van der Waals surface area contributed by atoms with Crippen LogP contribution < -0.4 is 4.74 Å². The largest absolute Gasteiger partial charge is 0.487 e. The number of benzene rings is 2. The van der Waals surface area contributed by atoms with E-state index in [9.17, 15) is 19.8 Å². The molecule has 0 heterocycles. The molecule has 0 aliphatic heterocycles. The van der Waals surface area contributed by atoms with Crippen LogP contribution in [0, 0.1) is 22.7 Å². The summed E-state index contributed by atoms with van der Waals surface area (Å²) in [4.78, 5) is 27.3. The quantitative estimate of drug-likeness (QED) is 0.373. The second-order valence-corrected chi connectivity index (χ2v) is 14.1. The topological polar surface area (TPSA) is 83.8 Å². The molecule has 0 aromatic heterocycles. The van der Waals surface area contributed by atoms with Crippen molar-refractivity contribution < 1.29 is 24.5 Å². The predicted octanol–water partition coefficient (Wildman–Crippen LogP) is 6.61. The zero-order valence-electron chi connectivity index (χ0n) is 21.8. The van der Waals surface area contributed by atoms with Gasteiger partial charge in [-0.1, -0.05) is 74.0 Å². The lowest BCUT2D eigenvalue weighted by Gasteiger charge is -2.46. The molecule has 0 radical (unpaired) electrons. The van der Waals surface area contributed by atoms with E-state index < -0.39 is 30.0 Å². The van der Waals surface area contributed by atoms with Crippen LogP contribution in [0.4, 0.5) is 0 Å². The van der Waals surface area contributed by atoms with Gasteiger partial charge in [0.2, 0.25) is 0 Å². The minimum Gasteiger partial charge on any atom is -0.487 e. The molecule has 2 aliphatic rings. The zero-order chi connectivity index (χ0) is 27.1. The molecule has 4 rings (SSSR count). The number of Topliss-reactive ketones (excluding diaryl/α,β-unsaturated/α-hetero) is 2. The Hall–Kier alpha value is -1.54. The lowest BCUT2D eigenvalue weighted by molar-refractivity contribution is -0.144. The molecule has 0 amide bonds. The highest BCUT2D eigenvalue weighted by molar-refractivity contribution is 9.11. The minimum absolute atomic E-state index is 0.0799. The Labute approximate surface area is 236 Å². The van der Waals surface area contributed by atoms with Crippen molar-refractivity contribution in [3.63, 3.8) is 0 Å². The summed E-state index contributed by atoms with van der Waals surface area (Å²) in [5, 5.41) is 22.7. The van der Waals surface area contributed by atoms with Gasteiger partial charge in [0.25, 0.3) is 0 Å². The predicted molar refractivity (Wildman–Crippen MR) is 150 cm³/mol. The van der Waals surface area contributed by atoms with Gasteiger partial charge in [0.05, 0.1) is 28.5 Å². The third-order valence-corrected chi connectivity index (χ3v) is 8.84. The fourth-order valence-corrected chi connectivity index (χ4v) is 7.71. The van der Waals surface area contributed by atoms with Crippen molar-refractivity contribution in [1.29, 1.82) is 0 Å². The number of rotatable bonds is 6. The number of halogens is 2. The smallest absolute Gasteiger partial charge is 0.139 e. The van der Waals surface area contributed by atoms with E-state index in [-0.39, 0.29) is 22.4 Å². The number of aliphatic hydroxyl groups excluding tert-OH is 2. The molecule has 5 atom stereocenters. The number of hydrogen-bond donors (Lipinski definition) is 2. The molecule has 200 valence electrons. The fourth-order valence-electron chi connectivity index (χ4n) is 6.34. The second kappa shape index (κ2) is 10.9. The van der Waals surface area contributed by atoms with Gasteiger partial charge in [0.15, 0.2) is 0 Å².